The van der Waals surface area contributed by atoms with E-state index in [1.54, 1.807) is 60.7 Å². The summed E-state index contributed by atoms with van der Waals surface area (Å²) in [6, 6.07) is 20.3. The summed E-state index contributed by atoms with van der Waals surface area (Å²) in [5.74, 6) is -0.0587. The normalized spacial score (nSPS) is 10.8. The van der Waals surface area contributed by atoms with Gasteiger partial charge in [0.25, 0.3) is 5.91 Å². The summed E-state index contributed by atoms with van der Waals surface area (Å²) in [6.45, 7) is 0.0389. The van der Waals surface area contributed by atoms with Gasteiger partial charge in [-0.3, -0.25) is 4.79 Å². The number of methoxy groups -OCH3 is 1. The van der Waals surface area contributed by atoms with Crippen LogP contribution in [0, 0.1) is 17.1 Å². The van der Waals surface area contributed by atoms with Gasteiger partial charge in [-0.15, -0.1) is 0 Å². The molecule has 3 aromatic rings. The maximum atomic E-state index is 13.8. The number of nitrogens with zero attached hydrogens (tertiary/aromatic N) is 1. The van der Waals surface area contributed by atoms with Crippen molar-refractivity contribution in [2.24, 2.45) is 0 Å². The molecule has 0 radical (unpaired) electrons. The van der Waals surface area contributed by atoms with Crippen LogP contribution in [0.1, 0.15) is 11.1 Å². The van der Waals surface area contributed by atoms with Crippen LogP contribution in [0.3, 0.4) is 0 Å². The average Bonchev–Trinajstić information content (AvgIpc) is 2.78. The zero-order valence-electron chi connectivity index (χ0n) is 16.6. The van der Waals surface area contributed by atoms with Crippen molar-refractivity contribution >= 4 is 33.6 Å². The first kappa shape index (κ1) is 22.1. The second kappa shape index (κ2) is 10.4. The summed E-state index contributed by atoms with van der Waals surface area (Å²) in [6.07, 6.45) is 1.46. The lowest BCUT2D eigenvalue weighted by Gasteiger charge is -2.12. The zero-order chi connectivity index (χ0) is 22.2. The number of hydrogen-bond donors (Lipinski definition) is 1. The van der Waals surface area contributed by atoms with E-state index in [9.17, 15) is 14.4 Å². The van der Waals surface area contributed by atoms with Gasteiger partial charge in [0.1, 0.15) is 24.1 Å². The molecule has 0 atom stereocenters. The van der Waals surface area contributed by atoms with Crippen molar-refractivity contribution in [1.82, 2.24) is 0 Å². The highest BCUT2D eigenvalue weighted by Gasteiger charge is 2.12. The molecule has 0 aliphatic rings. The highest BCUT2D eigenvalue weighted by molar-refractivity contribution is 9.10. The Hall–Kier alpha value is -3.63. The monoisotopic (exact) mass is 480 g/mol. The molecule has 3 aromatic carbocycles. The lowest BCUT2D eigenvalue weighted by Crippen LogP contribution is -2.13. The third kappa shape index (κ3) is 5.93. The molecular formula is C24H18BrFN2O3. The minimum atomic E-state index is -0.524. The lowest BCUT2D eigenvalue weighted by atomic mass is 10.1. The number of nitrogens with one attached hydrogen (secondary N) is 1. The van der Waals surface area contributed by atoms with Crippen LogP contribution in [0.2, 0.25) is 0 Å². The van der Waals surface area contributed by atoms with Gasteiger partial charge in [-0.25, -0.2) is 4.39 Å². The number of nitriles is 1. The summed E-state index contributed by atoms with van der Waals surface area (Å²) >= 11 is 3.33. The zero-order valence-corrected chi connectivity index (χ0v) is 18.1. The first-order chi connectivity index (χ1) is 15.0. The molecule has 0 fully saturated rings. The molecule has 3 rings (SSSR count). The Kier molecular flexibility index (Phi) is 7.41. The number of amides is 1. The molecule has 5 nitrogen and oxygen atoms in total. The Balaban J connectivity index is 1.75. The fraction of sp³-hybridized carbons (Fsp3) is 0.0833. The predicted molar refractivity (Wildman–Crippen MR) is 120 cm³/mol. The summed E-state index contributed by atoms with van der Waals surface area (Å²) < 4.78 is 25.7. The van der Waals surface area contributed by atoms with Gasteiger partial charge >= 0.3 is 0 Å². The SMILES string of the molecule is COc1cc(/C=C(/C#N)C(=O)Nc2ccc(Br)cc2)ccc1OCc1ccccc1F. The van der Waals surface area contributed by atoms with Gasteiger partial charge in [0, 0.05) is 15.7 Å². The number of carbonyl (C=O) groups excluding carboxylic acids is 1. The Morgan fingerprint density at radius 2 is 1.87 bits per heavy atom. The molecule has 1 N–H and O–H groups in total. The van der Waals surface area contributed by atoms with Crippen molar-refractivity contribution in [2.75, 3.05) is 12.4 Å². The molecule has 0 heterocycles. The Bertz CT molecular complexity index is 1150. The van der Waals surface area contributed by atoms with Crippen LogP contribution in [0.4, 0.5) is 10.1 Å². The van der Waals surface area contributed by atoms with Gasteiger partial charge in [-0.05, 0) is 54.1 Å². The van der Waals surface area contributed by atoms with E-state index < -0.39 is 5.91 Å². The van der Waals surface area contributed by atoms with Crippen molar-refractivity contribution in [3.05, 3.63) is 93.7 Å². The summed E-state index contributed by atoms with van der Waals surface area (Å²) in [5.41, 5.74) is 1.51. The number of anilines is 1. The fourth-order valence-electron chi connectivity index (χ4n) is 2.71. The van der Waals surface area contributed by atoms with Gasteiger partial charge in [0.05, 0.1) is 7.11 Å². The van der Waals surface area contributed by atoms with E-state index in [1.165, 1.54) is 19.3 Å². The molecule has 0 spiro atoms. The second-order valence-electron chi connectivity index (χ2n) is 6.42. The van der Waals surface area contributed by atoms with Crippen LogP contribution in [-0.2, 0) is 11.4 Å². The maximum Gasteiger partial charge on any atom is 0.266 e. The van der Waals surface area contributed by atoms with E-state index in [1.807, 2.05) is 6.07 Å². The second-order valence-corrected chi connectivity index (χ2v) is 7.34. The summed E-state index contributed by atoms with van der Waals surface area (Å²) in [4.78, 5) is 12.4. The first-order valence-corrected chi connectivity index (χ1v) is 10.0. The molecule has 0 saturated heterocycles. The number of benzene rings is 3. The molecule has 0 saturated carbocycles. The van der Waals surface area contributed by atoms with E-state index in [0.717, 1.165) is 4.47 Å². The van der Waals surface area contributed by atoms with Crippen molar-refractivity contribution in [2.45, 2.75) is 6.61 Å². The number of hydrogen-bond acceptors (Lipinski definition) is 4. The third-order valence-corrected chi connectivity index (χ3v) is 4.84. The minimum Gasteiger partial charge on any atom is -0.493 e. The van der Waals surface area contributed by atoms with E-state index in [-0.39, 0.29) is 18.0 Å². The highest BCUT2D eigenvalue weighted by atomic mass is 79.9. The Morgan fingerprint density at radius 3 is 2.55 bits per heavy atom. The number of rotatable bonds is 7. The van der Waals surface area contributed by atoms with Crippen molar-refractivity contribution in [3.8, 4) is 17.6 Å². The first-order valence-electron chi connectivity index (χ1n) is 9.23. The van der Waals surface area contributed by atoms with Gasteiger partial charge in [-0.1, -0.05) is 40.2 Å². The smallest absolute Gasteiger partial charge is 0.266 e. The molecular weight excluding hydrogens is 463 g/mol. The van der Waals surface area contributed by atoms with Crippen LogP contribution in [0.5, 0.6) is 11.5 Å². The van der Waals surface area contributed by atoms with Gasteiger partial charge in [0.2, 0.25) is 0 Å². The summed E-state index contributed by atoms with van der Waals surface area (Å²) in [5, 5.41) is 12.1. The van der Waals surface area contributed by atoms with Gasteiger partial charge in [0.15, 0.2) is 11.5 Å². The predicted octanol–water partition coefficient (Wildman–Crippen LogP) is 5.72. The average molecular weight is 481 g/mol. The highest BCUT2D eigenvalue weighted by Crippen LogP contribution is 2.30. The van der Waals surface area contributed by atoms with Crippen molar-refractivity contribution < 1.29 is 18.7 Å². The third-order valence-electron chi connectivity index (χ3n) is 4.31. The van der Waals surface area contributed by atoms with Crippen molar-refractivity contribution in [3.63, 3.8) is 0 Å². The van der Waals surface area contributed by atoms with E-state index in [2.05, 4.69) is 21.2 Å². The van der Waals surface area contributed by atoms with Gasteiger partial charge < -0.3 is 14.8 Å². The van der Waals surface area contributed by atoms with E-state index in [4.69, 9.17) is 9.47 Å². The topological polar surface area (TPSA) is 71.3 Å². The maximum absolute atomic E-state index is 13.8. The van der Waals surface area contributed by atoms with Crippen LogP contribution in [0.25, 0.3) is 6.08 Å². The molecule has 0 aromatic heterocycles. The van der Waals surface area contributed by atoms with Crippen LogP contribution in [0.15, 0.2) is 76.8 Å². The summed E-state index contributed by atoms with van der Waals surface area (Å²) in [7, 11) is 1.48. The molecule has 0 bridgehead atoms. The number of carbonyl (C=O) groups is 1. The molecule has 1 amide bonds. The van der Waals surface area contributed by atoms with Crippen LogP contribution in [-0.4, -0.2) is 13.0 Å². The molecule has 156 valence electrons. The number of halogens is 2. The Labute approximate surface area is 187 Å². The molecule has 31 heavy (non-hydrogen) atoms. The molecule has 0 aliphatic carbocycles. The van der Waals surface area contributed by atoms with Gasteiger partial charge in [-0.2, -0.15) is 5.26 Å². The quantitative estimate of drug-likeness (QED) is 0.346. The fourth-order valence-corrected chi connectivity index (χ4v) is 2.98. The Morgan fingerprint density at radius 1 is 1.13 bits per heavy atom. The molecule has 7 heteroatoms. The van der Waals surface area contributed by atoms with E-state index in [0.29, 0.717) is 28.3 Å². The van der Waals surface area contributed by atoms with Crippen LogP contribution >= 0.6 is 15.9 Å². The standard InChI is InChI=1S/C24H18BrFN2O3/c1-30-23-13-16(6-11-22(23)31-15-17-4-2-3-5-21(17)26)12-18(14-27)24(29)28-20-9-7-19(25)8-10-20/h2-13H,15H2,1H3,(H,28,29)/b18-12-. The molecule has 0 unspecified atom stereocenters. The van der Waals surface area contributed by atoms with Crippen LogP contribution < -0.4 is 14.8 Å². The lowest BCUT2D eigenvalue weighted by molar-refractivity contribution is -0.112. The van der Waals surface area contributed by atoms with Crippen molar-refractivity contribution in [1.29, 1.82) is 5.26 Å². The van der Waals surface area contributed by atoms with E-state index >= 15 is 0 Å². The minimum absolute atomic E-state index is 0.0389. The number of ether oxygens (including phenoxy) is 2. The molecule has 0 aliphatic heterocycles. The largest absolute Gasteiger partial charge is 0.493 e.